The largest absolute Gasteiger partial charge is 0.366 e. The Hall–Kier alpha value is -1.97. The second kappa shape index (κ2) is 3.31. The lowest BCUT2D eigenvalue weighted by Crippen LogP contribution is -2.11. The number of nitrogens with one attached hydrogen (secondary N) is 1. The molecule has 2 rings (SSSR count). The predicted molar refractivity (Wildman–Crippen MR) is 58.5 cm³/mol. The number of carbonyl (C=O) groups is 1. The van der Waals surface area contributed by atoms with E-state index in [1.807, 2.05) is 42.9 Å². The Morgan fingerprint density at radius 1 is 1.53 bits per heavy atom. The van der Waals surface area contributed by atoms with Crippen LogP contribution in [0, 0.1) is 6.92 Å². The summed E-state index contributed by atoms with van der Waals surface area (Å²) in [6.45, 7) is 1.88. The fourth-order valence-electron chi connectivity index (χ4n) is 1.70. The van der Waals surface area contributed by atoms with Crippen LogP contribution in [0.1, 0.15) is 16.1 Å². The summed E-state index contributed by atoms with van der Waals surface area (Å²) < 4.78 is 1.95. The Bertz CT molecular complexity index is 494. The van der Waals surface area contributed by atoms with Gasteiger partial charge in [0.25, 0.3) is 5.91 Å². The lowest BCUT2D eigenvalue weighted by Gasteiger charge is -2.02. The fourth-order valence-corrected chi connectivity index (χ4v) is 1.70. The first-order valence-corrected chi connectivity index (χ1v) is 4.71. The van der Waals surface area contributed by atoms with Crippen molar-refractivity contribution >= 4 is 5.91 Å². The number of hydrogen-bond donors (Lipinski definition) is 2. The monoisotopic (exact) mass is 203 g/mol. The summed E-state index contributed by atoms with van der Waals surface area (Å²) in [4.78, 5) is 14.3. The van der Waals surface area contributed by atoms with Crippen molar-refractivity contribution in [2.45, 2.75) is 6.92 Å². The van der Waals surface area contributed by atoms with Crippen LogP contribution in [0.15, 0.2) is 24.4 Å². The number of nitrogens with two attached hydrogens (primary N) is 1. The molecule has 4 heteroatoms. The molecule has 0 saturated carbocycles. The van der Waals surface area contributed by atoms with Crippen molar-refractivity contribution in [2.75, 3.05) is 0 Å². The molecule has 0 aliphatic carbocycles. The van der Waals surface area contributed by atoms with E-state index >= 15 is 0 Å². The number of nitrogens with zero attached hydrogens (tertiary/aromatic N) is 1. The van der Waals surface area contributed by atoms with E-state index in [1.54, 1.807) is 0 Å². The van der Waals surface area contributed by atoms with Crippen LogP contribution in [0.25, 0.3) is 11.4 Å². The smallest absolute Gasteiger partial charge is 0.250 e. The molecule has 0 unspecified atom stereocenters. The molecule has 15 heavy (non-hydrogen) atoms. The maximum atomic E-state index is 11.2. The van der Waals surface area contributed by atoms with Gasteiger partial charge in [0.1, 0.15) is 0 Å². The summed E-state index contributed by atoms with van der Waals surface area (Å²) in [5.74, 6) is -0.388. The molecule has 0 aliphatic heterocycles. The Kier molecular flexibility index (Phi) is 2.11. The molecule has 0 spiro atoms. The summed E-state index contributed by atoms with van der Waals surface area (Å²) in [6.07, 6.45) is 1.85. The number of amides is 1. The number of hydrogen-bond acceptors (Lipinski definition) is 1. The quantitative estimate of drug-likeness (QED) is 0.761. The van der Waals surface area contributed by atoms with Crippen molar-refractivity contribution in [1.29, 1.82) is 0 Å². The van der Waals surface area contributed by atoms with Crippen LogP contribution in [-0.4, -0.2) is 15.5 Å². The molecule has 78 valence electrons. The summed E-state index contributed by atoms with van der Waals surface area (Å²) in [5.41, 5.74) is 8.68. The van der Waals surface area contributed by atoms with Crippen molar-refractivity contribution < 1.29 is 4.79 Å². The molecule has 3 N–H and O–H groups in total. The highest BCUT2D eigenvalue weighted by molar-refractivity contribution is 5.95. The molecule has 1 amide bonds. The van der Waals surface area contributed by atoms with E-state index in [-0.39, 0.29) is 5.91 Å². The first-order valence-electron chi connectivity index (χ1n) is 4.71. The van der Waals surface area contributed by atoms with Crippen LogP contribution < -0.4 is 5.73 Å². The van der Waals surface area contributed by atoms with E-state index in [9.17, 15) is 4.79 Å². The van der Waals surface area contributed by atoms with Gasteiger partial charge in [-0.05, 0) is 25.1 Å². The van der Waals surface area contributed by atoms with Crippen molar-refractivity contribution in [2.24, 2.45) is 12.8 Å². The number of aromatic nitrogens is 2. The minimum absolute atomic E-state index is 0.388. The second-order valence-corrected chi connectivity index (χ2v) is 3.54. The van der Waals surface area contributed by atoms with Crippen LogP contribution in [0.2, 0.25) is 0 Å². The Morgan fingerprint density at radius 3 is 2.73 bits per heavy atom. The van der Waals surface area contributed by atoms with Crippen molar-refractivity contribution in [3.8, 4) is 11.4 Å². The first-order chi connectivity index (χ1) is 7.11. The minimum atomic E-state index is -0.388. The third-order valence-electron chi connectivity index (χ3n) is 2.67. The van der Waals surface area contributed by atoms with E-state index < -0.39 is 0 Å². The molecule has 2 aromatic heterocycles. The SMILES string of the molecule is Cc1c(C(N)=O)cc(-c2ccc[nH]2)n1C. The molecule has 0 bridgehead atoms. The van der Waals surface area contributed by atoms with Crippen LogP contribution >= 0.6 is 0 Å². The lowest BCUT2D eigenvalue weighted by atomic mass is 10.2. The first kappa shape index (κ1) is 9.58. The molecule has 4 nitrogen and oxygen atoms in total. The predicted octanol–water partition coefficient (Wildman–Crippen LogP) is 1.43. The van der Waals surface area contributed by atoms with Gasteiger partial charge in [-0.15, -0.1) is 0 Å². The summed E-state index contributed by atoms with van der Waals surface area (Å²) in [7, 11) is 1.91. The average Bonchev–Trinajstić information content (AvgIpc) is 2.77. The standard InChI is InChI=1S/C11H13N3O/c1-7-8(11(12)15)6-10(14(7)2)9-4-3-5-13-9/h3-6,13H,1-2H3,(H2,12,15). The zero-order chi connectivity index (χ0) is 11.0. The summed E-state index contributed by atoms with van der Waals surface area (Å²) in [6, 6.07) is 5.69. The number of aromatic amines is 1. The summed E-state index contributed by atoms with van der Waals surface area (Å²) in [5, 5.41) is 0. The molecule has 2 heterocycles. The van der Waals surface area contributed by atoms with Gasteiger partial charge in [-0.2, -0.15) is 0 Å². The van der Waals surface area contributed by atoms with E-state index in [0.717, 1.165) is 17.1 Å². The highest BCUT2D eigenvalue weighted by atomic mass is 16.1. The van der Waals surface area contributed by atoms with Gasteiger partial charge < -0.3 is 15.3 Å². The van der Waals surface area contributed by atoms with E-state index in [0.29, 0.717) is 5.56 Å². The zero-order valence-electron chi connectivity index (χ0n) is 8.74. The third-order valence-corrected chi connectivity index (χ3v) is 2.67. The Labute approximate surface area is 87.7 Å². The molecular weight excluding hydrogens is 190 g/mol. The molecule has 0 aliphatic rings. The van der Waals surface area contributed by atoms with Gasteiger partial charge in [0.2, 0.25) is 0 Å². The molecule has 0 fully saturated rings. The van der Waals surface area contributed by atoms with Gasteiger partial charge in [-0.1, -0.05) is 0 Å². The topological polar surface area (TPSA) is 63.8 Å². The maximum absolute atomic E-state index is 11.2. The van der Waals surface area contributed by atoms with E-state index in [2.05, 4.69) is 4.98 Å². The van der Waals surface area contributed by atoms with Gasteiger partial charge in [-0.3, -0.25) is 4.79 Å². The molecule has 2 aromatic rings. The molecule has 0 radical (unpaired) electrons. The van der Waals surface area contributed by atoms with Gasteiger partial charge in [0, 0.05) is 18.9 Å². The van der Waals surface area contributed by atoms with Gasteiger partial charge in [-0.25, -0.2) is 0 Å². The Morgan fingerprint density at radius 2 is 2.27 bits per heavy atom. The Balaban J connectivity index is 2.60. The van der Waals surface area contributed by atoms with Crippen molar-refractivity contribution in [1.82, 2.24) is 9.55 Å². The second-order valence-electron chi connectivity index (χ2n) is 3.54. The van der Waals surface area contributed by atoms with E-state index in [1.165, 1.54) is 0 Å². The molecule has 0 aromatic carbocycles. The normalized spacial score (nSPS) is 10.5. The van der Waals surface area contributed by atoms with Crippen LogP contribution in [0.4, 0.5) is 0 Å². The zero-order valence-corrected chi connectivity index (χ0v) is 8.74. The van der Waals surface area contributed by atoms with Crippen molar-refractivity contribution in [3.63, 3.8) is 0 Å². The fraction of sp³-hybridized carbons (Fsp3) is 0.182. The lowest BCUT2D eigenvalue weighted by molar-refractivity contribution is 0.0999. The van der Waals surface area contributed by atoms with Gasteiger partial charge in [0.05, 0.1) is 17.0 Å². The highest BCUT2D eigenvalue weighted by Gasteiger charge is 2.14. The maximum Gasteiger partial charge on any atom is 0.250 e. The van der Waals surface area contributed by atoms with Crippen LogP contribution in [0.3, 0.4) is 0 Å². The summed E-state index contributed by atoms with van der Waals surface area (Å²) >= 11 is 0. The van der Waals surface area contributed by atoms with Gasteiger partial charge in [0.15, 0.2) is 0 Å². The number of primary amides is 1. The molecule has 0 saturated heterocycles. The molecule has 0 atom stereocenters. The number of rotatable bonds is 2. The van der Waals surface area contributed by atoms with Gasteiger partial charge >= 0.3 is 0 Å². The third kappa shape index (κ3) is 1.44. The number of H-pyrrole nitrogens is 1. The highest BCUT2D eigenvalue weighted by Crippen LogP contribution is 2.22. The molecular formula is C11H13N3O. The van der Waals surface area contributed by atoms with E-state index in [4.69, 9.17) is 5.73 Å². The number of carbonyl (C=O) groups excluding carboxylic acids is 1. The van der Waals surface area contributed by atoms with Crippen LogP contribution in [0.5, 0.6) is 0 Å². The average molecular weight is 203 g/mol. The van der Waals surface area contributed by atoms with Crippen LogP contribution in [-0.2, 0) is 7.05 Å². The van der Waals surface area contributed by atoms with Crippen molar-refractivity contribution in [3.05, 3.63) is 35.7 Å². The minimum Gasteiger partial charge on any atom is -0.366 e.